The second-order valence-electron chi connectivity index (χ2n) is 7.27. The maximum absolute atomic E-state index is 13.2. The van der Waals surface area contributed by atoms with Gasteiger partial charge in [0.15, 0.2) is 9.84 Å². The van der Waals surface area contributed by atoms with E-state index in [9.17, 15) is 36.3 Å². The zero-order chi connectivity index (χ0) is 20.2. The largest absolute Gasteiger partial charge is 0.480 e. The molecule has 2 aliphatic rings. The summed E-state index contributed by atoms with van der Waals surface area (Å²) in [6, 6.07) is 2.43. The van der Waals surface area contributed by atoms with Gasteiger partial charge >= 0.3 is 12.1 Å². The predicted octanol–water partition coefficient (Wildman–Crippen LogP) is 2.33. The van der Waals surface area contributed by atoms with Crippen LogP contribution in [0.15, 0.2) is 29.2 Å². The van der Waals surface area contributed by atoms with Crippen molar-refractivity contribution in [3.05, 3.63) is 29.8 Å². The standard InChI is InChI=1S/C17H18F3NO5S/c1-16(6-7-16)15(24)21-9-10(8-12(21)14(22)23)27(25,26)13-5-3-2-4-11(13)17(18,19)20/h2-5,10,12H,6-9H2,1H3,(H,22,23)/t10-,12+/m1/s1. The van der Waals surface area contributed by atoms with Crippen molar-refractivity contribution >= 4 is 21.7 Å². The molecule has 3 rings (SSSR count). The number of amides is 1. The third-order valence-corrected chi connectivity index (χ3v) is 7.45. The van der Waals surface area contributed by atoms with Crippen LogP contribution in [0, 0.1) is 5.41 Å². The van der Waals surface area contributed by atoms with Gasteiger partial charge in [0.2, 0.25) is 5.91 Å². The summed E-state index contributed by atoms with van der Waals surface area (Å²) < 4.78 is 65.4. The molecule has 0 aromatic heterocycles. The van der Waals surface area contributed by atoms with Crippen molar-refractivity contribution in [1.29, 1.82) is 0 Å². The monoisotopic (exact) mass is 405 g/mol. The summed E-state index contributed by atoms with van der Waals surface area (Å²) in [4.78, 5) is 24.2. The van der Waals surface area contributed by atoms with Crippen molar-refractivity contribution in [1.82, 2.24) is 4.90 Å². The molecule has 0 spiro atoms. The van der Waals surface area contributed by atoms with E-state index >= 15 is 0 Å². The minimum absolute atomic E-state index is 0.431. The number of likely N-dealkylation sites (tertiary alicyclic amines) is 1. The highest BCUT2D eigenvalue weighted by Gasteiger charge is 2.54. The second kappa shape index (κ2) is 6.22. The fourth-order valence-electron chi connectivity index (χ4n) is 3.36. The van der Waals surface area contributed by atoms with Gasteiger partial charge < -0.3 is 10.0 Å². The van der Waals surface area contributed by atoms with E-state index in [0.717, 1.165) is 17.0 Å². The van der Waals surface area contributed by atoms with Gasteiger partial charge in [0, 0.05) is 12.0 Å². The third kappa shape index (κ3) is 3.42. The number of benzene rings is 1. The topological polar surface area (TPSA) is 91.8 Å². The van der Waals surface area contributed by atoms with Crippen LogP contribution >= 0.6 is 0 Å². The van der Waals surface area contributed by atoms with E-state index in [2.05, 4.69) is 0 Å². The number of carboxylic acids is 1. The molecular formula is C17H18F3NO5S. The lowest BCUT2D eigenvalue weighted by molar-refractivity contribution is -0.150. The normalized spacial score (nSPS) is 24.7. The average Bonchev–Trinajstić information content (AvgIpc) is 3.17. The average molecular weight is 405 g/mol. The van der Waals surface area contributed by atoms with Crippen LogP contribution in [-0.2, 0) is 25.6 Å². The molecule has 27 heavy (non-hydrogen) atoms. The molecule has 1 aromatic rings. The summed E-state index contributed by atoms with van der Waals surface area (Å²) in [6.45, 7) is 1.23. The summed E-state index contributed by atoms with van der Waals surface area (Å²) in [5, 5.41) is 7.98. The fraction of sp³-hybridized carbons (Fsp3) is 0.529. The molecule has 0 radical (unpaired) electrons. The molecule has 1 aliphatic heterocycles. The van der Waals surface area contributed by atoms with Crippen molar-refractivity contribution < 1.29 is 36.3 Å². The number of carbonyl (C=O) groups excluding carboxylic acids is 1. The van der Waals surface area contributed by atoms with Gasteiger partial charge in [-0.2, -0.15) is 13.2 Å². The summed E-state index contributed by atoms with van der Waals surface area (Å²) in [5.74, 6) is -1.83. The molecule has 148 valence electrons. The first-order chi connectivity index (χ1) is 12.4. The highest BCUT2D eigenvalue weighted by atomic mass is 32.2. The van der Waals surface area contributed by atoms with E-state index < -0.39 is 68.0 Å². The van der Waals surface area contributed by atoms with Gasteiger partial charge in [0.25, 0.3) is 0 Å². The van der Waals surface area contributed by atoms with Crippen LogP contribution in [0.3, 0.4) is 0 Å². The van der Waals surface area contributed by atoms with Crippen LogP contribution in [0.4, 0.5) is 13.2 Å². The smallest absolute Gasteiger partial charge is 0.417 e. The summed E-state index contributed by atoms with van der Waals surface area (Å²) >= 11 is 0. The van der Waals surface area contributed by atoms with E-state index in [-0.39, 0.29) is 0 Å². The molecule has 2 atom stereocenters. The number of nitrogens with zero attached hydrogens (tertiary/aromatic N) is 1. The number of alkyl halides is 3. The zero-order valence-corrected chi connectivity index (χ0v) is 15.2. The Hall–Kier alpha value is -2.10. The molecule has 6 nitrogen and oxygen atoms in total. The van der Waals surface area contributed by atoms with Crippen molar-refractivity contribution in [2.75, 3.05) is 6.54 Å². The van der Waals surface area contributed by atoms with Gasteiger partial charge in [-0.1, -0.05) is 19.1 Å². The van der Waals surface area contributed by atoms with Gasteiger partial charge in [-0.3, -0.25) is 4.79 Å². The van der Waals surface area contributed by atoms with Crippen LogP contribution in [-0.4, -0.2) is 48.1 Å². The molecule has 1 aromatic carbocycles. The number of hydrogen-bond acceptors (Lipinski definition) is 4. The van der Waals surface area contributed by atoms with Crippen LogP contribution < -0.4 is 0 Å². The number of carboxylic acid groups (broad SMARTS) is 1. The van der Waals surface area contributed by atoms with E-state index in [4.69, 9.17) is 0 Å². The molecule has 1 N–H and O–H groups in total. The molecule has 0 bridgehead atoms. The Balaban J connectivity index is 1.97. The minimum atomic E-state index is -4.87. The molecule has 0 unspecified atom stereocenters. The molecule has 2 fully saturated rings. The van der Waals surface area contributed by atoms with E-state index in [1.54, 1.807) is 6.92 Å². The van der Waals surface area contributed by atoms with Crippen LogP contribution in [0.2, 0.25) is 0 Å². The first-order valence-electron chi connectivity index (χ1n) is 8.32. The van der Waals surface area contributed by atoms with Crippen LogP contribution in [0.25, 0.3) is 0 Å². The van der Waals surface area contributed by atoms with Crippen molar-refractivity contribution in [3.8, 4) is 0 Å². The quantitative estimate of drug-likeness (QED) is 0.830. The van der Waals surface area contributed by atoms with Gasteiger partial charge in [-0.05, 0) is 31.4 Å². The van der Waals surface area contributed by atoms with Gasteiger partial charge in [0.05, 0.1) is 15.7 Å². The minimum Gasteiger partial charge on any atom is -0.480 e. The third-order valence-electron chi connectivity index (χ3n) is 5.26. The number of halogens is 3. The van der Waals surface area contributed by atoms with Crippen molar-refractivity contribution in [2.24, 2.45) is 5.41 Å². The lowest BCUT2D eigenvalue weighted by atomic mass is 10.1. The Bertz CT molecular complexity index is 892. The van der Waals surface area contributed by atoms with E-state index in [1.165, 1.54) is 6.07 Å². The highest BCUT2D eigenvalue weighted by Crippen LogP contribution is 2.48. The molecule has 1 heterocycles. The molecule has 1 amide bonds. The lowest BCUT2D eigenvalue weighted by Crippen LogP contribution is -2.44. The Morgan fingerprint density at radius 3 is 2.33 bits per heavy atom. The molecule has 1 saturated heterocycles. The fourth-order valence-corrected chi connectivity index (χ4v) is 5.27. The predicted molar refractivity (Wildman–Crippen MR) is 87.5 cm³/mol. The SMILES string of the molecule is CC1(C(=O)N2C[C@H](S(=O)(=O)c3ccccc3C(F)(F)F)C[C@H]2C(=O)O)CC1. The van der Waals surface area contributed by atoms with Gasteiger partial charge in [-0.25, -0.2) is 13.2 Å². The van der Waals surface area contributed by atoms with Crippen molar-refractivity contribution in [2.45, 2.75) is 48.5 Å². The molecule has 10 heteroatoms. The Kier molecular flexibility index (Phi) is 4.53. The number of rotatable bonds is 4. The second-order valence-corrected chi connectivity index (χ2v) is 9.47. The van der Waals surface area contributed by atoms with Crippen LogP contribution in [0.1, 0.15) is 31.7 Å². The summed E-state index contributed by atoms with van der Waals surface area (Å²) in [7, 11) is -4.49. The maximum atomic E-state index is 13.2. The highest BCUT2D eigenvalue weighted by molar-refractivity contribution is 7.92. The first-order valence-corrected chi connectivity index (χ1v) is 9.86. The van der Waals surface area contributed by atoms with E-state index in [1.807, 2.05) is 0 Å². The van der Waals surface area contributed by atoms with Crippen LogP contribution in [0.5, 0.6) is 0 Å². The lowest BCUT2D eigenvalue weighted by Gasteiger charge is -2.24. The number of sulfone groups is 1. The van der Waals surface area contributed by atoms with Crippen molar-refractivity contribution in [3.63, 3.8) is 0 Å². The van der Waals surface area contributed by atoms with E-state index in [0.29, 0.717) is 18.9 Å². The Labute approximate surface area is 153 Å². The first kappa shape index (κ1) is 19.7. The zero-order valence-electron chi connectivity index (χ0n) is 14.4. The Morgan fingerprint density at radius 2 is 1.81 bits per heavy atom. The molecule has 1 aliphatic carbocycles. The number of aliphatic carboxylic acids is 1. The Morgan fingerprint density at radius 1 is 1.22 bits per heavy atom. The maximum Gasteiger partial charge on any atom is 0.417 e. The number of hydrogen-bond donors (Lipinski definition) is 1. The molecular weight excluding hydrogens is 387 g/mol. The summed E-state index contributed by atoms with van der Waals surface area (Å²) in [6.07, 6.45) is -4.16. The number of carbonyl (C=O) groups is 2. The van der Waals surface area contributed by atoms with Gasteiger partial charge in [0.1, 0.15) is 6.04 Å². The summed E-state index contributed by atoms with van der Waals surface area (Å²) in [5.41, 5.74) is -2.01. The van der Waals surface area contributed by atoms with Gasteiger partial charge in [-0.15, -0.1) is 0 Å². The molecule has 1 saturated carbocycles.